The number of amidine groups is 1. The smallest absolute Gasteiger partial charge is 0.134 e. The summed E-state index contributed by atoms with van der Waals surface area (Å²) in [6.07, 6.45) is 17.3. The van der Waals surface area contributed by atoms with Crippen LogP contribution in [0, 0.1) is 5.41 Å². The molecule has 0 saturated heterocycles. The Hall–Kier alpha value is -0.790. The summed E-state index contributed by atoms with van der Waals surface area (Å²) in [6, 6.07) is 0. The Balaban J connectivity index is 1.95. The molecule has 2 aliphatic rings. The first-order chi connectivity index (χ1) is 8.31. The zero-order chi connectivity index (χ0) is 12.0. The first-order valence-corrected chi connectivity index (χ1v) is 7.25. The van der Waals surface area contributed by atoms with E-state index in [4.69, 9.17) is 0 Å². The summed E-state index contributed by atoms with van der Waals surface area (Å²) in [4.78, 5) is 4.45. The van der Waals surface area contributed by atoms with Crippen LogP contribution in [0.15, 0.2) is 17.4 Å². The fraction of sp³-hybridized carbons (Fsp3) is 0.800. The van der Waals surface area contributed by atoms with Crippen molar-refractivity contribution in [1.82, 2.24) is 5.32 Å². The molecule has 1 fully saturated rings. The van der Waals surface area contributed by atoms with Crippen LogP contribution in [-0.2, 0) is 0 Å². The van der Waals surface area contributed by atoms with Crippen LogP contribution in [0.1, 0.15) is 71.1 Å². The van der Waals surface area contributed by atoms with Gasteiger partial charge in [-0.15, -0.1) is 0 Å². The monoisotopic (exact) mass is 233 g/mol. The Morgan fingerprint density at radius 1 is 0.824 bits per heavy atom. The molecule has 1 aliphatic carbocycles. The molecule has 1 radical (unpaired) electrons. The van der Waals surface area contributed by atoms with Crippen LogP contribution in [-0.4, -0.2) is 5.84 Å². The third kappa shape index (κ3) is 3.58. The van der Waals surface area contributed by atoms with Gasteiger partial charge in [0.15, 0.2) is 0 Å². The number of hydrogen-bond donors (Lipinski definition) is 0. The molecule has 0 aromatic carbocycles. The predicted molar refractivity (Wildman–Crippen MR) is 73.0 cm³/mol. The highest BCUT2D eigenvalue weighted by Gasteiger charge is 2.31. The fourth-order valence-corrected chi connectivity index (χ4v) is 2.99. The summed E-state index contributed by atoms with van der Waals surface area (Å²) in [5.74, 6) is 1.08. The van der Waals surface area contributed by atoms with Crippen molar-refractivity contribution in [2.45, 2.75) is 71.1 Å². The molecule has 0 amide bonds. The lowest BCUT2D eigenvalue weighted by atomic mass is 9.78. The van der Waals surface area contributed by atoms with E-state index in [0.717, 1.165) is 5.84 Å². The summed E-state index contributed by atoms with van der Waals surface area (Å²) in [5.41, 5.74) is 0.230. The predicted octanol–water partition coefficient (Wildman–Crippen LogP) is 4.40. The normalized spacial score (nSPS) is 25.8. The van der Waals surface area contributed by atoms with Crippen LogP contribution in [0.5, 0.6) is 0 Å². The van der Waals surface area contributed by atoms with Gasteiger partial charge >= 0.3 is 0 Å². The van der Waals surface area contributed by atoms with E-state index in [1.165, 1.54) is 64.2 Å². The van der Waals surface area contributed by atoms with Gasteiger partial charge in [0.05, 0.1) is 0 Å². The van der Waals surface area contributed by atoms with E-state index in [1.54, 1.807) is 0 Å². The molecule has 0 aromatic heterocycles. The third-order valence-corrected chi connectivity index (χ3v) is 4.21. The molecule has 0 aromatic rings. The van der Waals surface area contributed by atoms with E-state index < -0.39 is 0 Å². The van der Waals surface area contributed by atoms with Crippen molar-refractivity contribution in [3.8, 4) is 0 Å². The van der Waals surface area contributed by atoms with Crippen molar-refractivity contribution in [3.63, 3.8) is 0 Å². The van der Waals surface area contributed by atoms with Gasteiger partial charge < -0.3 is 0 Å². The molecule has 0 N–H and O–H groups in total. The Morgan fingerprint density at radius 3 is 1.82 bits per heavy atom. The van der Waals surface area contributed by atoms with Crippen molar-refractivity contribution in [2.75, 3.05) is 0 Å². The summed E-state index contributed by atoms with van der Waals surface area (Å²) >= 11 is 0. The molecule has 2 rings (SSSR count). The molecular weight excluding hydrogens is 208 g/mol. The summed E-state index contributed by atoms with van der Waals surface area (Å²) in [5, 5.41) is 4.45. The van der Waals surface area contributed by atoms with Crippen LogP contribution in [0.25, 0.3) is 0 Å². The number of hydrogen-bond acceptors (Lipinski definition) is 1. The lowest BCUT2D eigenvalue weighted by Crippen LogP contribution is -2.31. The second-order valence-electron chi connectivity index (χ2n) is 5.77. The quantitative estimate of drug-likeness (QED) is 0.642. The average Bonchev–Trinajstić information content (AvgIpc) is 2.84. The molecule has 95 valence electrons. The minimum Gasteiger partial charge on any atom is -0.239 e. The Morgan fingerprint density at radius 2 is 1.35 bits per heavy atom. The van der Waals surface area contributed by atoms with E-state index in [9.17, 15) is 0 Å². The van der Waals surface area contributed by atoms with Crippen molar-refractivity contribution in [1.29, 1.82) is 0 Å². The van der Waals surface area contributed by atoms with E-state index in [1.807, 2.05) is 12.4 Å². The van der Waals surface area contributed by atoms with Gasteiger partial charge in [-0.1, -0.05) is 58.3 Å². The van der Waals surface area contributed by atoms with Crippen LogP contribution in [0.4, 0.5) is 0 Å². The van der Waals surface area contributed by atoms with Crippen LogP contribution >= 0.6 is 0 Å². The molecule has 1 saturated carbocycles. The molecule has 0 atom stereocenters. The second-order valence-corrected chi connectivity index (χ2v) is 5.77. The largest absolute Gasteiger partial charge is 0.239 e. The molecule has 0 spiro atoms. The molecule has 0 unspecified atom stereocenters. The Bertz CT molecular complexity index is 279. The Labute approximate surface area is 106 Å². The standard InChI is InChI=1S/C15H25N2/c1-15(14-16-12-13-17-14)10-8-6-4-2-3-5-7-9-11-15/h12-13H,2-11H2,1H3. The zero-order valence-corrected chi connectivity index (χ0v) is 11.1. The highest BCUT2D eigenvalue weighted by molar-refractivity contribution is 5.90. The maximum Gasteiger partial charge on any atom is 0.134 e. The molecule has 1 heterocycles. The van der Waals surface area contributed by atoms with Crippen molar-refractivity contribution < 1.29 is 0 Å². The van der Waals surface area contributed by atoms with Gasteiger partial charge in [-0.2, -0.15) is 0 Å². The van der Waals surface area contributed by atoms with E-state index in [2.05, 4.69) is 17.2 Å². The summed E-state index contributed by atoms with van der Waals surface area (Å²) in [7, 11) is 0. The molecule has 2 heteroatoms. The molecule has 2 nitrogen and oxygen atoms in total. The third-order valence-electron chi connectivity index (χ3n) is 4.21. The van der Waals surface area contributed by atoms with Gasteiger partial charge in [0.1, 0.15) is 5.84 Å². The lowest BCUT2D eigenvalue weighted by molar-refractivity contribution is 0.357. The second kappa shape index (κ2) is 6.23. The maximum atomic E-state index is 4.45. The highest BCUT2D eigenvalue weighted by atomic mass is 15.0. The van der Waals surface area contributed by atoms with Crippen LogP contribution < -0.4 is 5.32 Å². The topological polar surface area (TPSA) is 26.5 Å². The summed E-state index contributed by atoms with van der Waals surface area (Å²) in [6.45, 7) is 2.36. The van der Waals surface area contributed by atoms with Crippen LogP contribution in [0.3, 0.4) is 0 Å². The SMILES string of the molecule is CC1(C2=NC=C[N]2)CCCCCCCCCC1. The molecule has 17 heavy (non-hydrogen) atoms. The number of nitrogens with zero attached hydrogens (tertiary/aromatic N) is 2. The van der Waals surface area contributed by atoms with Crippen molar-refractivity contribution in [2.24, 2.45) is 10.4 Å². The zero-order valence-electron chi connectivity index (χ0n) is 11.1. The number of aliphatic imine (C=N–C) groups is 1. The van der Waals surface area contributed by atoms with Crippen molar-refractivity contribution in [3.05, 3.63) is 12.4 Å². The van der Waals surface area contributed by atoms with Gasteiger partial charge in [0.2, 0.25) is 0 Å². The van der Waals surface area contributed by atoms with E-state index in [0.29, 0.717) is 0 Å². The molecular formula is C15H25N2. The van der Waals surface area contributed by atoms with Crippen LogP contribution in [0.2, 0.25) is 0 Å². The van der Waals surface area contributed by atoms with E-state index >= 15 is 0 Å². The van der Waals surface area contributed by atoms with Crippen molar-refractivity contribution >= 4 is 5.84 Å². The first-order valence-electron chi connectivity index (χ1n) is 7.25. The average molecular weight is 233 g/mol. The van der Waals surface area contributed by atoms with Gasteiger partial charge in [-0.25, -0.2) is 10.3 Å². The van der Waals surface area contributed by atoms with Gasteiger partial charge in [0, 0.05) is 17.8 Å². The minimum absolute atomic E-state index is 0.230. The first kappa shape index (κ1) is 12.7. The minimum atomic E-state index is 0.230. The fourth-order valence-electron chi connectivity index (χ4n) is 2.99. The maximum absolute atomic E-state index is 4.45. The lowest BCUT2D eigenvalue weighted by Gasteiger charge is -2.29. The van der Waals surface area contributed by atoms with Gasteiger partial charge in [-0.3, -0.25) is 0 Å². The van der Waals surface area contributed by atoms with Gasteiger partial charge in [-0.05, 0) is 12.8 Å². The molecule has 1 aliphatic heterocycles. The van der Waals surface area contributed by atoms with Gasteiger partial charge in [0.25, 0.3) is 0 Å². The Kier molecular flexibility index (Phi) is 4.64. The summed E-state index contributed by atoms with van der Waals surface area (Å²) < 4.78 is 0. The number of rotatable bonds is 1. The molecule has 0 bridgehead atoms. The highest BCUT2D eigenvalue weighted by Crippen LogP contribution is 2.34. The van der Waals surface area contributed by atoms with E-state index in [-0.39, 0.29) is 5.41 Å².